The van der Waals surface area contributed by atoms with Crippen LogP contribution in [0.2, 0.25) is 0 Å². The molecule has 1 aliphatic heterocycles. The molecule has 0 bridgehead atoms. The van der Waals surface area contributed by atoms with Crippen LogP contribution in [-0.2, 0) is 9.47 Å². The Morgan fingerprint density at radius 1 is 1.42 bits per heavy atom. The van der Waals surface area contributed by atoms with Crippen molar-refractivity contribution in [3.8, 4) is 12.3 Å². The van der Waals surface area contributed by atoms with Gasteiger partial charge in [0.25, 0.3) is 0 Å². The minimum atomic E-state index is -0.429. The monoisotopic (exact) mass is 168 g/mol. The van der Waals surface area contributed by atoms with E-state index in [2.05, 4.69) is 5.92 Å². The van der Waals surface area contributed by atoms with Crippen molar-refractivity contribution in [2.45, 2.75) is 38.4 Å². The van der Waals surface area contributed by atoms with E-state index in [1.54, 1.807) is 0 Å². The summed E-state index contributed by atoms with van der Waals surface area (Å²) in [4.78, 5) is 0. The zero-order valence-electron chi connectivity index (χ0n) is 7.80. The summed E-state index contributed by atoms with van der Waals surface area (Å²) in [6, 6.07) is 0. The lowest BCUT2D eigenvalue weighted by Crippen LogP contribution is -2.33. The third-order valence-electron chi connectivity index (χ3n) is 1.98. The molecule has 12 heavy (non-hydrogen) atoms. The Morgan fingerprint density at radius 3 is 2.50 bits per heavy atom. The Bertz CT molecular complexity index is 173. The van der Waals surface area contributed by atoms with Gasteiger partial charge in [-0.25, -0.2) is 0 Å². The molecule has 0 amide bonds. The van der Waals surface area contributed by atoms with E-state index in [0.29, 0.717) is 0 Å². The van der Waals surface area contributed by atoms with Gasteiger partial charge >= 0.3 is 0 Å². The number of rotatable bonds is 2. The largest absolute Gasteiger partial charge is 0.381 e. The maximum atomic E-state index is 5.71. The number of terminal acetylenes is 1. The van der Waals surface area contributed by atoms with Crippen LogP contribution >= 0.6 is 0 Å². The Kier molecular flexibility index (Phi) is 3.13. The van der Waals surface area contributed by atoms with Gasteiger partial charge in [0.1, 0.15) is 5.60 Å². The number of hydrogen-bond donors (Lipinski definition) is 0. The van der Waals surface area contributed by atoms with E-state index in [-0.39, 0.29) is 6.10 Å². The van der Waals surface area contributed by atoms with E-state index in [1.165, 1.54) is 0 Å². The summed E-state index contributed by atoms with van der Waals surface area (Å²) >= 11 is 0. The minimum absolute atomic E-state index is 0.282. The van der Waals surface area contributed by atoms with Gasteiger partial charge in [0, 0.05) is 13.2 Å². The molecule has 1 saturated heterocycles. The molecule has 1 heterocycles. The molecule has 0 aromatic heterocycles. The minimum Gasteiger partial charge on any atom is -0.381 e. The van der Waals surface area contributed by atoms with Gasteiger partial charge in [-0.15, -0.1) is 6.42 Å². The highest BCUT2D eigenvalue weighted by Gasteiger charge is 2.22. The first kappa shape index (κ1) is 9.57. The maximum absolute atomic E-state index is 5.71. The fourth-order valence-electron chi connectivity index (χ4n) is 1.24. The van der Waals surface area contributed by atoms with Crippen LogP contribution in [-0.4, -0.2) is 24.9 Å². The normalized spacial score (nSPS) is 20.4. The smallest absolute Gasteiger partial charge is 0.123 e. The molecular weight excluding hydrogens is 152 g/mol. The lowest BCUT2D eigenvalue weighted by molar-refractivity contribution is -0.0834. The second kappa shape index (κ2) is 3.93. The Hall–Kier alpha value is -0.520. The van der Waals surface area contributed by atoms with Gasteiger partial charge in [-0.3, -0.25) is 0 Å². The first-order valence-corrected chi connectivity index (χ1v) is 4.37. The predicted octanol–water partition coefficient (Wildman–Crippen LogP) is 1.59. The highest BCUT2D eigenvalue weighted by molar-refractivity contribution is 5.03. The quantitative estimate of drug-likeness (QED) is 0.583. The molecule has 0 radical (unpaired) electrons. The van der Waals surface area contributed by atoms with E-state index in [4.69, 9.17) is 15.9 Å². The number of ether oxygens (including phenoxy) is 2. The summed E-state index contributed by atoms with van der Waals surface area (Å²) in [6.07, 6.45) is 7.53. The molecule has 2 nitrogen and oxygen atoms in total. The van der Waals surface area contributed by atoms with Crippen LogP contribution in [0, 0.1) is 12.3 Å². The van der Waals surface area contributed by atoms with Gasteiger partial charge in [0.05, 0.1) is 6.10 Å². The summed E-state index contributed by atoms with van der Waals surface area (Å²) in [5.74, 6) is 2.63. The third-order valence-corrected chi connectivity index (χ3v) is 1.98. The van der Waals surface area contributed by atoms with Gasteiger partial charge in [-0.05, 0) is 26.7 Å². The lowest BCUT2D eigenvalue weighted by Gasteiger charge is -2.29. The average Bonchev–Trinajstić information content (AvgIpc) is 2.06. The SMILES string of the molecule is C#CC(C)(C)OC1CCOCC1. The van der Waals surface area contributed by atoms with Gasteiger partial charge < -0.3 is 9.47 Å². The topological polar surface area (TPSA) is 18.5 Å². The van der Waals surface area contributed by atoms with Crippen LogP contribution < -0.4 is 0 Å². The standard InChI is InChI=1S/C10H16O2/c1-4-10(2,3)12-9-5-7-11-8-6-9/h1,9H,5-8H2,2-3H3. The number of hydrogen-bond acceptors (Lipinski definition) is 2. The highest BCUT2D eigenvalue weighted by atomic mass is 16.5. The van der Waals surface area contributed by atoms with Crippen molar-refractivity contribution < 1.29 is 9.47 Å². The summed E-state index contributed by atoms with van der Waals surface area (Å²) in [5.41, 5.74) is -0.429. The van der Waals surface area contributed by atoms with Gasteiger partial charge in [-0.2, -0.15) is 0 Å². The Balaban J connectivity index is 2.35. The van der Waals surface area contributed by atoms with Crippen molar-refractivity contribution in [2.75, 3.05) is 13.2 Å². The van der Waals surface area contributed by atoms with Crippen molar-refractivity contribution in [1.82, 2.24) is 0 Å². The van der Waals surface area contributed by atoms with Gasteiger partial charge in [0.2, 0.25) is 0 Å². The van der Waals surface area contributed by atoms with Crippen molar-refractivity contribution >= 4 is 0 Å². The molecule has 0 spiro atoms. The first-order valence-electron chi connectivity index (χ1n) is 4.37. The Morgan fingerprint density at radius 2 is 2.00 bits per heavy atom. The van der Waals surface area contributed by atoms with E-state index in [0.717, 1.165) is 26.1 Å². The summed E-state index contributed by atoms with van der Waals surface area (Å²) in [5, 5.41) is 0. The van der Waals surface area contributed by atoms with E-state index in [1.807, 2.05) is 13.8 Å². The molecule has 0 aromatic carbocycles. The summed E-state index contributed by atoms with van der Waals surface area (Å²) in [7, 11) is 0. The first-order chi connectivity index (χ1) is 5.64. The zero-order valence-corrected chi connectivity index (χ0v) is 7.80. The summed E-state index contributed by atoms with van der Waals surface area (Å²) in [6.45, 7) is 5.43. The van der Waals surface area contributed by atoms with Gasteiger partial charge in [-0.1, -0.05) is 5.92 Å². The predicted molar refractivity (Wildman–Crippen MR) is 47.8 cm³/mol. The van der Waals surface area contributed by atoms with Crippen LogP contribution in [0.5, 0.6) is 0 Å². The molecule has 68 valence electrons. The molecule has 2 heteroatoms. The van der Waals surface area contributed by atoms with Crippen molar-refractivity contribution in [3.63, 3.8) is 0 Å². The molecule has 0 N–H and O–H groups in total. The molecule has 0 atom stereocenters. The maximum Gasteiger partial charge on any atom is 0.123 e. The van der Waals surface area contributed by atoms with Crippen LogP contribution in [0.25, 0.3) is 0 Å². The highest BCUT2D eigenvalue weighted by Crippen LogP contribution is 2.18. The average molecular weight is 168 g/mol. The molecule has 0 aromatic rings. The second-order valence-corrected chi connectivity index (χ2v) is 3.58. The Labute approximate surface area is 74.2 Å². The van der Waals surface area contributed by atoms with Crippen molar-refractivity contribution in [1.29, 1.82) is 0 Å². The molecule has 1 aliphatic rings. The van der Waals surface area contributed by atoms with E-state index >= 15 is 0 Å². The van der Waals surface area contributed by atoms with Crippen molar-refractivity contribution in [3.05, 3.63) is 0 Å². The molecule has 0 unspecified atom stereocenters. The molecule has 0 aliphatic carbocycles. The van der Waals surface area contributed by atoms with Crippen LogP contribution in [0.3, 0.4) is 0 Å². The molecule has 1 fully saturated rings. The molecular formula is C10H16O2. The molecule has 0 saturated carbocycles. The third kappa shape index (κ3) is 2.84. The van der Waals surface area contributed by atoms with E-state index < -0.39 is 5.60 Å². The fraction of sp³-hybridized carbons (Fsp3) is 0.800. The van der Waals surface area contributed by atoms with Crippen LogP contribution in [0.4, 0.5) is 0 Å². The summed E-state index contributed by atoms with van der Waals surface area (Å²) < 4.78 is 10.9. The lowest BCUT2D eigenvalue weighted by atomic mass is 10.1. The zero-order chi connectivity index (χ0) is 9.03. The van der Waals surface area contributed by atoms with Crippen molar-refractivity contribution in [2.24, 2.45) is 0 Å². The second-order valence-electron chi connectivity index (χ2n) is 3.58. The molecule has 1 rings (SSSR count). The van der Waals surface area contributed by atoms with E-state index in [9.17, 15) is 0 Å². The van der Waals surface area contributed by atoms with Crippen LogP contribution in [0.1, 0.15) is 26.7 Å². The van der Waals surface area contributed by atoms with Crippen LogP contribution in [0.15, 0.2) is 0 Å². The fourth-order valence-corrected chi connectivity index (χ4v) is 1.24. The van der Waals surface area contributed by atoms with Gasteiger partial charge in [0.15, 0.2) is 0 Å².